The molecule has 0 aliphatic carbocycles. The third-order valence-electron chi connectivity index (χ3n) is 4.53. The van der Waals surface area contributed by atoms with Gasteiger partial charge in [-0.05, 0) is 51.2 Å². The van der Waals surface area contributed by atoms with Gasteiger partial charge in [-0.15, -0.1) is 0 Å². The van der Waals surface area contributed by atoms with Gasteiger partial charge in [-0.1, -0.05) is 24.3 Å². The Morgan fingerprint density at radius 2 is 2.00 bits per heavy atom. The molecule has 1 spiro atoms. The number of ether oxygens (including phenoxy) is 1. The van der Waals surface area contributed by atoms with Crippen LogP contribution in [-0.4, -0.2) is 35.2 Å². The Balaban J connectivity index is 1.72. The SMILES string of the molecule is CC(C)(C)OC(=O)N1CCCC2(Cc3ccccc3CN2)C1. The van der Waals surface area contributed by atoms with E-state index in [1.807, 2.05) is 25.7 Å². The first-order valence-corrected chi connectivity index (χ1v) is 8.17. The van der Waals surface area contributed by atoms with Crippen molar-refractivity contribution in [2.75, 3.05) is 13.1 Å². The van der Waals surface area contributed by atoms with Gasteiger partial charge in [0.2, 0.25) is 0 Å². The Hall–Kier alpha value is -1.55. The van der Waals surface area contributed by atoms with Crippen molar-refractivity contribution in [2.24, 2.45) is 0 Å². The highest BCUT2D eigenvalue weighted by Crippen LogP contribution is 2.31. The van der Waals surface area contributed by atoms with Gasteiger partial charge in [0.15, 0.2) is 0 Å². The summed E-state index contributed by atoms with van der Waals surface area (Å²) in [4.78, 5) is 14.2. The summed E-state index contributed by atoms with van der Waals surface area (Å²) in [7, 11) is 0. The summed E-state index contributed by atoms with van der Waals surface area (Å²) in [6.45, 7) is 8.16. The van der Waals surface area contributed by atoms with Crippen LogP contribution in [0.15, 0.2) is 24.3 Å². The molecule has 0 saturated carbocycles. The zero-order chi connectivity index (χ0) is 15.8. The van der Waals surface area contributed by atoms with E-state index in [1.54, 1.807) is 0 Å². The quantitative estimate of drug-likeness (QED) is 0.800. The van der Waals surface area contributed by atoms with E-state index in [1.165, 1.54) is 11.1 Å². The number of nitrogens with zero attached hydrogens (tertiary/aromatic N) is 1. The van der Waals surface area contributed by atoms with Gasteiger partial charge >= 0.3 is 6.09 Å². The Morgan fingerprint density at radius 3 is 2.73 bits per heavy atom. The smallest absolute Gasteiger partial charge is 0.410 e. The molecule has 1 amide bonds. The van der Waals surface area contributed by atoms with E-state index in [0.717, 1.165) is 38.9 Å². The minimum atomic E-state index is -0.436. The Labute approximate surface area is 132 Å². The fraction of sp³-hybridized carbons (Fsp3) is 0.611. The molecule has 2 aliphatic heterocycles. The molecule has 1 atom stereocenters. The molecule has 1 unspecified atom stereocenters. The number of benzene rings is 1. The summed E-state index contributed by atoms with van der Waals surface area (Å²) in [5.74, 6) is 0. The lowest BCUT2D eigenvalue weighted by Gasteiger charge is -2.46. The first-order valence-electron chi connectivity index (χ1n) is 8.17. The molecule has 1 aromatic rings. The number of rotatable bonds is 0. The van der Waals surface area contributed by atoms with E-state index in [4.69, 9.17) is 4.74 Å². The van der Waals surface area contributed by atoms with Crippen LogP contribution in [0.4, 0.5) is 4.79 Å². The summed E-state index contributed by atoms with van der Waals surface area (Å²) in [5.41, 5.74) is 2.35. The van der Waals surface area contributed by atoms with Crippen LogP contribution >= 0.6 is 0 Å². The zero-order valence-electron chi connectivity index (χ0n) is 13.8. The number of amides is 1. The molecule has 22 heavy (non-hydrogen) atoms. The van der Waals surface area contributed by atoms with E-state index in [-0.39, 0.29) is 11.6 Å². The molecule has 0 radical (unpaired) electrons. The topological polar surface area (TPSA) is 41.6 Å². The van der Waals surface area contributed by atoms with Crippen LogP contribution in [0, 0.1) is 0 Å². The molecule has 2 heterocycles. The van der Waals surface area contributed by atoms with Crippen molar-refractivity contribution in [3.8, 4) is 0 Å². The molecular formula is C18H26N2O2. The fourth-order valence-electron chi connectivity index (χ4n) is 3.51. The summed E-state index contributed by atoms with van der Waals surface area (Å²) in [6, 6.07) is 8.59. The third-order valence-corrected chi connectivity index (χ3v) is 4.53. The fourth-order valence-corrected chi connectivity index (χ4v) is 3.51. The molecular weight excluding hydrogens is 276 g/mol. The van der Waals surface area contributed by atoms with Gasteiger partial charge in [0.1, 0.15) is 5.60 Å². The number of hydrogen-bond acceptors (Lipinski definition) is 3. The predicted molar refractivity (Wildman–Crippen MR) is 86.8 cm³/mol. The molecule has 0 bridgehead atoms. The molecule has 4 nitrogen and oxygen atoms in total. The van der Waals surface area contributed by atoms with Crippen molar-refractivity contribution in [1.82, 2.24) is 10.2 Å². The number of fused-ring (bicyclic) bond motifs is 1. The molecule has 2 aliphatic rings. The highest BCUT2D eigenvalue weighted by atomic mass is 16.6. The Morgan fingerprint density at radius 1 is 1.27 bits per heavy atom. The maximum atomic E-state index is 12.4. The van der Waals surface area contributed by atoms with Crippen LogP contribution in [0.2, 0.25) is 0 Å². The van der Waals surface area contributed by atoms with Gasteiger partial charge in [0.05, 0.1) is 0 Å². The van der Waals surface area contributed by atoms with Crippen LogP contribution < -0.4 is 5.32 Å². The number of likely N-dealkylation sites (tertiary alicyclic amines) is 1. The first kappa shape index (κ1) is 15.3. The van der Waals surface area contributed by atoms with Crippen LogP contribution in [0.5, 0.6) is 0 Å². The van der Waals surface area contributed by atoms with Crippen molar-refractivity contribution in [2.45, 2.75) is 57.7 Å². The van der Waals surface area contributed by atoms with Gasteiger partial charge < -0.3 is 15.0 Å². The summed E-state index contributed by atoms with van der Waals surface area (Å²) >= 11 is 0. The molecule has 0 aromatic heterocycles. The van der Waals surface area contributed by atoms with E-state index in [2.05, 4.69) is 29.6 Å². The first-order chi connectivity index (χ1) is 10.4. The zero-order valence-corrected chi connectivity index (χ0v) is 13.8. The van der Waals surface area contributed by atoms with Crippen molar-refractivity contribution in [3.63, 3.8) is 0 Å². The Kier molecular flexibility index (Phi) is 3.89. The minimum Gasteiger partial charge on any atom is -0.444 e. The lowest BCUT2D eigenvalue weighted by molar-refractivity contribution is 0.00989. The third kappa shape index (κ3) is 3.27. The normalized spacial score (nSPS) is 25.0. The molecule has 1 N–H and O–H groups in total. The maximum Gasteiger partial charge on any atom is 0.410 e. The summed E-state index contributed by atoms with van der Waals surface area (Å²) < 4.78 is 5.54. The van der Waals surface area contributed by atoms with E-state index < -0.39 is 5.60 Å². The van der Waals surface area contributed by atoms with Crippen LogP contribution in [0.3, 0.4) is 0 Å². The van der Waals surface area contributed by atoms with Crippen LogP contribution in [0.25, 0.3) is 0 Å². The second-order valence-corrected chi connectivity index (χ2v) is 7.58. The second-order valence-electron chi connectivity index (χ2n) is 7.58. The number of carbonyl (C=O) groups is 1. The van der Waals surface area contributed by atoms with Gasteiger partial charge in [-0.3, -0.25) is 0 Å². The van der Waals surface area contributed by atoms with E-state index >= 15 is 0 Å². The highest BCUT2D eigenvalue weighted by molar-refractivity contribution is 5.68. The van der Waals surface area contributed by atoms with Crippen LogP contribution in [-0.2, 0) is 17.7 Å². The standard InChI is InChI=1S/C18H26N2O2/c1-17(2,3)22-16(21)20-10-6-9-18(13-20)11-14-7-4-5-8-15(14)12-19-18/h4-5,7-8,19H,6,9-13H2,1-3H3. The van der Waals surface area contributed by atoms with Crippen molar-refractivity contribution >= 4 is 6.09 Å². The average molecular weight is 302 g/mol. The minimum absolute atomic E-state index is 0.00348. The van der Waals surface area contributed by atoms with Gasteiger partial charge in [0.25, 0.3) is 0 Å². The molecule has 120 valence electrons. The van der Waals surface area contributed by atoms with Crippen molar-refractivity contribution < 1.29 is 9.53 Å². The number of hydrogen-bond donors (Lipinski definition) is 1. The molecule has 1 aromatic carbocycles. The lowest BCUT2D eigenvalue weighted by Crippen LogP contribution is -2.61. The number of carbonyl (C=O) groups excluding carboxylic acids is 1. The molecule has 1 fully saturated rings. The van der Waals surface area contributed by atoms with Crippen molar-refractivity contribution in [3.05, 3.63) is 35.4 Å². The summed E-state index contributed by atoms with van der Waals surface area (Å²) in [6.07, 6.45) is 2.93. The molecule has 1 saturated heterocycles. The van der Waals surface area contributed by atoms with Gasteiger partial charge in [0, 0.05) is 25.2 Å². The predicted octanol–water partition coefficient (Wildman–Crippen LogP) is 3.10. The molecule has 3 rings (SSSR count). The van der Waals surface area contributed by atoms with Crippen molar-refractivity contribution in [1.29, 1.82) is 0 Å². The largest absolute Gasteiger partial charge is 0.444 e. The lowest BCUT2D eigenvalue weighted by atomic mass is 9.79. The van der Waals surface area contributed by atoms with Gasteiger partial charge in [-0.2, -0.15) is 0 Å². The number of nitrogens with one attached hydrogen (secondary N) is 1. The van der Waals surface area contributed by atoms with E-state index in [9.17, 15) is 4.79 Å². The van der Waals surface area contributed by atoms with Gasteiger partial charge in [-0.25, -0.2) is 4.79 Å². The summed E-state index contributed by atoms with van der Waals surface area (Å²) in [5, 5.41) is 3.69. The molecule has 4 heteroatoms. The van der Waals surface area contributed by atoms with E-state index in [0.29, 0.717) is 0 Å². The average Bonchev–Trinajstić information content (AvgIpc) is 2.45. The van der Waals surface area contributed by atoms with Crippen LogP contribution in [0.1, 0.15) is 44.7 Å². The highest BCUT2D eigenvalue weighted by Gasteiger charge is 2.40. The number of piperidine rings is 1. The second kappa shape index (κ2) is 5.58. The maximum absolute atomic E-state index is 12.4. The Bertz CT molecular complexity index is 564. The monoisotopic (exact) mass is 302 g/mol.